The van der Waals surface area contributed by atoms with E-state index in [1.165, 1.54) is 6.42 Å². The molecule has 0 aromatic heterocycles. The van der Waals surface area contributed by atoms with Crippen molar-refractivity contribution in [1.29, 1.82) is 0 Å². The minimum atomic E-state index is -0.411. The van der Waals surface area contributed by atoms with E-state index < -0.39 is 5.54 Å². The Labute approximate surface area is 134 Å². The SMILES string of the molecule is C=CCCC(O)CN1CCN(C2(C(N)=O)CCCCC2)CC1. The number of β-amino-alcohol motifs (C(OH)–C–C–N with tert-alkyl or cyclic N) is 1. The van der Waals surface area contributed by atoms with Crippen LogP contribution in [0.2, 0.25) is 0 Å². The number of amides is 1. The Hall–Kier alpha value is -0.910. The molecule has 1 unspecified atom stereocenters. The molecule has 1 aliphatic carbocycles. The van der Waals surface area contributed by atoms with Gasteiger partial charge in [0.15, 0.2) is 0 Å². The molecule has 2 rings (SSSR count). The average Bonchev–Trinajstić information content (AvgIpc) is 2.54. The zero-order valence-corrected chi connectivity index (χ0v) is 13.7. The molecule has 0 aromatic rings. The zero-order chi connectivity index (χ0) is 16.0. The summed E-state index contributed by atoms with van der Waals surface area (Å²) in [6.07, 6.45) is 8.41. The first-order chi connectivity index (χ1) is 10.6. The Bertz CT molecular complexity index is 372. The molecule has 1 heterocycles. The lowest BCUT2D eigenvalue weighted by atomic mass is 9.79. The Balaban J connectivity index is 1.85. The van der Waals surface area contributed by atoms with E-state index in [0.717, 1.165) is 64.7 Å². The molecule has 1 amide bonds. The van der Waals surface area contributed by atoms with Crippen molar-refractivity contribution < 1.29 is 9.90 Å². The van der Waals surface area contributed by atoms with Crippen molar-refractivity contribution in [1.82, 2.24) is 9.80 Å². The molecule has 126 valence electrons. The quantitative estimate of drug-likeness (QED) is 0.692. The lowest BCUT2D eigenvalue weighted by molar-refractivity contribution is -0.134. The zero-order valence-electron chi connectivity index (χ0n) is 13.7. The van der Waals surface area contributed by atoms with Crippen LogP contribution in [0.5, 0.6) is 0 Å². The third-order valence-corrected chi connectivity index (χ3v) is 5.29. The van der Waals surface area contributed by atoms with Gasteiger partial charge >= 0.3 is 0 Å². The molecule has 5 nitrogen and oxygen atoms in total. The summed E-state index contributed by atoms with van der Waals surface area (Å²) in [7, 11) is 0. The first kappa shape index (κ1) is 17.4. The van der Waals surface area contributed by atoms with Gasteiger partial charge in [-0.1, -0.05) is 25.3 Å². The summed E-state index contributed by atoms with van der Waals surface area (Å²) in [5.41, 5.74) is 5.35. The van der Waals surface area contributed by atoms with E-state index in [1.54, 1.807) is 0 Å². The number of allylic oxidation sites excluding steroid dienone is 1. The molecule has 0 spiro atoms. The minimum Gasteiger partial charge on any atom is -0.392 e. The number of nitrogens with two attached hydrogens (primary N) is 1. The number of piperazine rings is 1. The maximum atomic E-state index is 12.1. The largest absolute Gasteiger partial charge is 0.392 e. The van der Waals surface area contributed by atoms with Crippen LogP contribution in [0.15, 0.2) is 12.7 Å². The normalized spacial score (nSPS) is 24.8. The lowest BCUT2D eigenvalue weighted by Gasteiger charge is -2.48. The molecular weight excluding hydrogens is 278 g/mol. The molecule has 1 atom stereocenters. The van der Waals surface area contributed by atoms with Crippen molar-refractivity contribution in [3.8, 4) is 0 Å². The van der Waals surface area contributed by atoms with Crippen LogP contribution < -0.4 is 5.73 Å². The summed E-state index contributed by atoms with van der Waals surface area (Å²) < 4.78 is 0. The van der Waals surface area contributed by atoms with Crippen LogP contribution in [0.3, 0.4) is 0 Å². The summed E-state index contributed by atoms with van der Waals surface area (Å²) in [5.74, 6) is -0.147. The number of aliphatic hydroxyl groups excluding tert-OH is 1. The number of hydrogen-bond donors (Lipinski definition) is 2. The summed E-state index contributed by atoms with van der Waals surface area (Å²) in [4.78, 5) is 16.7. The van der Waals surface area contributed by atoms with E-state index >= 15 is 0 Å². The Morgan fingerprint density at radius 1 is 1.23 bits per heavy atom. The molecule has 3 N–H and O–H groups in total. The fourth-order valence-corrected chi connectivity index (χ4v) is 3.91. The molecule has 1 saturated carbocycles. The van der Waals surface area contributed by atoms with Crippen molar-refractivity contribution in [2.45, 2.75) is 56.6 Å². The fraction of sp³-hybridized carbons (Fsp3) is 0.824. The van der Waals surface area contributed by atoms with Crippen LogP contribution >= 0.6 is 0 Å². The highest BCUT2D eigenvalue weighted by atomic mass is 16.3. The first-order valence-corrected chi connectivity index (χ1v) is 8.65. The van der Waals surface area contributed by atoms with Crippen molar-refractivity contribution in [3.63, 3.8) is 0 Å². The van der Waals surface area contributed by atoms with E-state index in [0.29, 0.717) is 6.54 Å². The van der Waals surface area contributed by atoms with Crippen LogP contribution in [0.4, 0.5) is 0 Å². The molecule has 0 radical (unpaired) electrons. The fourth-order valence-electron chi connectivity index (χ4n) is 3.91. The Kier molecular flexibility index (Phi) is 6.41. The summed E-state index contributed by atoms with van der Waals surface area (Å²) in [6.45, 7) is 7.95. The van der Waals surface area contributed by atoms with Gasteiger partial charge in [-0.05, 0) is 25.7 Å². The highest BCUT2D eigenvalue weighted by Gasteiger charge is 2.44. The van der Waals surface area contributed by atoms with E-state index in [-0.39, 0.29) is 12.0 Å². The number of rotatable bonds is 7. The molecule has 2 fully saturated rings. The molecule has 0 aromatic carbocycles. The monoisotopic (exact) mass is 309 g/mol. The Morgan fingerprint density at radius 3 is 2.41 bits per heavy atom. The maximum absolute atomic E-state index is 12.1. The van der Waals surface area contributed by atoms with E-state index in [2.05, 4.69) is 16.4 Å². The molecule has 1 saturated heterocycles. The van der Waals surface area contributed by atoms with Crippen molar-refractivity contribution >= 4 is 5.91 Å². The van der Waals surface area contributed by atoms with Crippen LogP contribution in [-0.2, 0) is 4.79 Å². The third kappa shape index (κ3) is 4.09. The van der Waals surface area contributed by atoms with Gasteiger partial charge in [0, 0.05) is 32.7 Å². The highest BCUT2D eigenvalue weighted by molar-refractivity contribution is 5.84. The van der Waals surface area contributed by atoms with Gasteiger partial charge in [0.2, 0.25) is 5.91 Å². The lowest BCUT2D eigenvalue weighted by Crippen LogP contribution is -2.63. The standard InChI is InChI=1S/C17H31N3O2/c1-2-3-7-15(21)14-19-10-12-20(13-11-19)17(16(18)22)8-5-4-6-9-17/h2,15,21H,1,3-14H2,(H2,18,22). The summed E-state index contributed by atoms with van der Waals surface area (Å²) in [5, 5.41) is 10.0. The van der Waals surface area contributed by atoms with Gasteiger partial charge in [-0.15, -0.1) is 6.58 Å². The average molecular weight is 309 g/mol. The second-order valence-corrected chi connectivity index (χ2v) is 6.76. The number of carbonyl (C=O) groups is 1. The molecule has 2 aliphatic rings. The van der Waals surface area contributed by atoms with Crippen molar-refractivity contribution in [2.75, 3.05) is 32.7 Å². The number of aliphatic hydroxyl groups is 1. The molecule has 1 aliphatic heterocycles. The number of carbonyl (C=O) groups excluding carboxylic acids is 1. The molecular formula is C17H31N3O2. The topological polar surface area (TPSA) is 69.8 Å². The van der Waals surface area contributed by atoms with E-state index in [4.69, 9.17) is 5.73 Å². The predicted molar refractivity (Wildman–Crippen MR) is 88.5 cm³/mol. The Morgan fingerprint density at radius 2 is 1.86 bits per heavy atom. The molecule has 0 bridgehead atoms. The first-order valence-electron chi connectivity index (χ1n) is 8.65. The van der Waals surface area contributed by atoms with E-state index in [9.17, 15) is 9.90 Å². The smallest absolute Gasteiger partial charge is 0.237 e. The van der Waals surface area contributed by atoms with Gasteiger partial charge in [0.1, 0.15) is 5.54 Å². The van der Waals surface area contributed by atoms with Crippen LogP contribution in [0.1, 0.15) is 44.9 Å². The molecule has 5 heteroatoms. The number of hydrogen-bond acceptors (Lipinski definition) is 4. The number of primary amides is 1. The van der Waals surface area contributed by atoms with Crippen molar-refractivity contribution in [2.24, 2.45) is 5.73 Å². The van der Waals surface area contributed by atoms with Crippen molar-refractivity contribution in [3.05, 3.63) is 12.7 Å². The van der Waals surface area contributed by atoms with Gasteiger partial charge in [-0.25, -0.2) is 0 Å². The van der Waals surface area contributed by atoms with Crippen LogP contribution in [0.25, 0.3) is 0 Å². The van der Waals surface area contributed by atoms with Crippen LogP contribution in [-0.4, -0.2) is 65.2 Å². The predicted octanol–water partition coefficient (Wildman–Crippen LogP) is 1.12. The van der Waals surface area contributed by atoms with Crippen LogP contribution in [0, 0.1) is 0 Å². The van der Waals surface area contributed by atoms with Gasteiger partial charge < -0.3 is 10.8 Å². The molecule has 22 heavy (non-hydrogen) atoms. The van der Waals surface area contributed by atoms with Gasteiger partial charge in [0.25, 0.3) is 0 Å². The minimum absolute atomic E-state index is 0.147. The maximum Gasteiger partial charge on any atom is 0.237 e. The third-order valence-electron chi connectivity index (χ3n) is 5.29. The number of nitrogens with zero attached hydrogens (tertiary/aromatic N) is 2. The second-order valence-electron chi connectivity index (χ2n) is 6.76. The van der Waals surface area contributed by atoms with Gasteiger partial charge in [-0.2, -0.15) is 0 Å². The highest BCUT2D eigenvalue weighted by Crippen LogP contribution is 2.34. The summed E-state index contributed by atoms with van der Waals surface area (Å²) >= 11 is 0. The van der Waals surface area contributed by atoms with Gasteiger partial charge in [-0.3, -0.25) is 14.6 Å². The van der Waals surface area contributed by atoms with E-state index in [1.807, 2.05) is 6.08 Å². The summed E-state index contributed by atoms with van der Waals surface area (Å²) in [6, 6.07) is 0. The second kappa shape index (κ2) is 8.09. The van der Waals surface area contributed by atoms with Gasteiger partial charge in [0.05, 0.1) is 6.10 Å².